The van der Waals surface area contributed by atoms with Gasteiger partial charge in [0.25, 0.3) is 11.6 Å². The number of non-ortho nitro benzene ring substituents is 1. The van der Waals surface area contributed by atoms with Crippen molar-refractivity contribution in [2.75, 3.05) is 20.2 Å². The Bertz CT molecular complexity index is 633. The van der Waals surface area contributed by atoms with Gasteiger partial charge in [-0.1, -0.05) is 13.8 Å². The summed E-state index contributed by atoms with van der Waals surface area (Å²) in [5.41, 5.74) is -0.154. The molecule has 0 radical (unpaired) electrons. The summed E-state index contributed by atoms with van der Waals surface area (Å²) < 4.78 is 4.60. The Morgan fingerprint density at radius 2 is 1.74 bits per heavy atom. The number of piperidine rings is 1. The van der Waals surface area contributed by atoms with E-state index in [0.29, 0.717) is 24.9 Å². The number of nitrogens with zero attached hydrogens (tertiary/aromatic N) is 2. The van der Waals surface area contributed by atoms with Crippen molar-refractivity contribution in [1.29, 1.82) is 0 Å². The zero-order chi connectivity index (χ0) is 17.1. The number of likely N-dealkylation sites (tertiary alicyclic amines) is 1. The first-order valence-electron chi connectivity index (χ1n) is 7.49. The molecule has 0 aromatic heterocycles. The highest BCUT2D eigenvalue weighted by atomic mass is 16.6. The van der Waals surface area contributed by atoms with Crippen molar-refractivity contribution in [1.82, 2.24) is 4.90 Å². The van der Waals surface area contributed by atoms with Gasteiger partial charge in [-0.3, -0.25) is 14.9 Å². The molecular weight excluding hydrogens is 300 g/mol. The molecule has 1 amide bonds. The largest absolute Gasteiger partial charge is 0.465 e. The van der Waals surface area contributed by atoms with Crippen LogP contribution in [0.1, 0.15) is 41.0 Å². The van der Waals surface area contributed by atoms with Crippen molar-refractivity contribution in [2.24, 2.45) is 11.8 Å². The Morgan fingerprint density at radius 1 is 1.17 bits per heavy atom. The fourth-order valence-electron chi connectivity index (χ4n) is 3.09. The van der Waals surface area contributed by atoms with E-state index in [4.69, 9.17) is 0 Å². The van der Waals surface area contributed by atoms with Gasteiger partial charge in [-0.25, -0.2) is 4.79 Å². The third kappa shape index (κ3) is 3.85. The lowest BCUT2D eigenvalue weighted by atomic mass is 9.91. The number of nitro groups is 1. The van der Waals surface area contributed by atoms with Crippen LogP contribution in [0.3, 0.4) is 0 Å². The fraction of sp³-hybridized carbons (Fsp3) is 0.500. The molecule has 7 nitrogen and oxygen atoms in total. The van der Waals surface area contributed by atoms with E-state index in [-0.39, 0.29) is 22.7 Å². The van der Waals surface area contributed by atoms with Crippen LogP contribution in [0.4, 0.5) is 5.69 Å². The average molecular weight is 320 g/mol. The second-order valence-corrected chi connectivity index (χ2v) is 6.17. The van der Waals surface area contributed by atoms with Crippen LogP contribution in [0.15, 0.2) is 18.2 Å². The Balaban J connectivity index is 2.37. The fourth-order valence-corrected chi connectivity index (χ4v) is 3.09. The van der Waals surface area contributed by atoms with Gasteiger partial charge in [0.15, 0.2) is 0 Å². The molecule has 2 rings (SSSR count). The number of carbonyl (C=O) groups excluding carboxylic acids is 2. The number of amides is 1. The maximum absolute atomic E-state index is 12.7. The molecule has 1 heterocycles. The summed E-state index contributed by atoms with van der Waals surface area (Å²) in [6.07, 6.45) is 1.05. The minimum absolute atomic E-state index is 0.00292. The van der Waals surface area contributed by atoms with E-state index in [2.05, 4.69) is 18.6 Å². The molecule has 1 aromatic carbocycles. The molecule has 7 heteroatoms. The second-order valence-electron chi connectivity index (χ2n) is 6.17. The summed E-state index contributed by atoms with van der Waals surface area (Å²) in [5.74, 6) is -0.247. The molecule has 2 atom stereocenters. The highest BCUT2D eigenvalue weighted by Gasteiger charge is 2.28. The van der Waals surface area contributed by atoms with Crippen LogP contribution in [0.25, 0.3) is 0 Å². The van der Waals surface area contributed by atoms with Gasteiger partial charge in [-0.15, -0.1) is 0 Å². The number of carbonyl (C=O) groups is 2. The topological polar surface area (TPSA) is 89.8 Å². The van der Waals surface area contributed by atoms with Gasteiger partial charge in [0.1, 0.15) is 0 Å². The van der Waals surface area contributed by atoms with Crippen molar-refractivity contribution in [2.45, 2.75) is 20.3 Å². The summed E-state index contributed by atoms with van der Waals surface area (Å²) in [5, 5.41) is 11.0. The second kappa shape index (κ2) is 6.76. The maximum Gasteiger partial charge on any atom is 0.338 e. The molecule has 1 aromatic rings. The van der Waals surface area contributed by atoms with Crippen LogP contribution in [0.5, 0.6) is 0 Å². The van der Waals surface area contributed by atoms with Gasteiger partial charge in [-0.2, -0.15) is 0 Å². The van der Waals surface area contributed by atoms with E-state index in [9.17, 15) is 19.7 Å². The van der Waals surface area contributed by atoms with Gasteiger partial charge < -0.3 is 9.64 Å². The predicted octanol–water partition coefficient (Wildman–Crippen LogP) is 2.50. The molecule has 0 saturated carbocycles. The van der Waals surface area contributed by atoms with Crippen molar-refractivity contribution in [3.8, 4) is 0 Å². The predicted molar refractivity (Wildman–Crippen MR) is 83.3 cm³/mol. The first kappa shape index (κ1) is 16.9. The molecule has 1 saturated heterocycles. The normalized spacial score (nSPS) is 20.9. The molecule has 0 spiro atoms. The monoisotopic (exact) mass is 320 g/mol. The highest BCUT2D eigenvalue weighted by molar-refractivity contribution is 5.99. The molecule has 23 heavy (non-hydrogen) atoms. The standard InChI is InChI=1S/C16H20N2O5/c1-10-4-11(2)9-17(8-10)15(19)12-5-13(16(20)23-3)7-14(6-12)18(21)22/h5-7,10-11H,4,8-9H2,1-3H3/t10-,11-/m1/s1. The molecule has 1 aliphatic rings. The molecule has 124 valence electrons. The lowest BCUT2D eigenvalue weighted by Crippen LogP contribution is -2.42. The van der Waals surface area contributed by atoms with Crippen molar-refractivity contribution >= 4 is 17.6 Å². The van der Waals surface area contributed by atoms with Crippen LogP contribution in [-0.2, 0) is 4.74 Å². The van der Waals surface area contributed by atoms with Crippen LogP contribution in [0.2, 0.25) is 0 Å². The Morgan fingerprint density at radius 3 is 2.26 bits per heavy atom. The van der Waals surface area contributed by atoms with E-state index in [1.807, 2.05) is 0 Å². The average Bonchev–Trinajstić information content (AvgIpc) is 2.51. The first-order chi connectivity index (χ1) is 10.8. The van der Waals surface area contributed by atoms with E-state index in [1.54, 1.807) is 4.90 Å². The maximum atomic E-state index is 12.7. The first-order valence-corrected chi connectivity index (χ1v) is 7.49. The minimum atomic E-state index is -0.705. The van der Waals surface area contributed by atoms with Crippen molar-refractivity contribution in [3.63, 3.8) is 0 Å². The molecule has 0 bridgehead atoms. The summed E-state index contributed by atoms with van der Waals surface area (Å²) in [4.78, 5) is 36.5. The summed E-state index contributed by atoms with van der Waals surface area (Å²) >= 11 is 0. The highest BCUT2D eigenvalue weighted by Crippen LogP contribution is 2.24. The number of methoxy groups -OCH3 is 1. The van der Waals surface area contributed by atoms with Crippen molar-refractivity contribution in [3.05, 3.63) is 39.4 Å². The number of rotatable bonds is 3. The number of esters is 1. The SMILES string of the molecule is COC(=O)c1cc(C(=O)N2C[C@H](C)C[C@@H](C)C2)cc([N+](=O)[O-])c1. The van der Waals surface area contributed by atoms with E-state index in [0.717, 1.165) is 12.5 Å². The number of ether oxygens (including phenoxy) is 1. The third-order valence-electron chi connectivity index (χ3n) is 3.95. The van der Waals surface area contributed by atoms with E-state index < -0.39 is 10.9 Å². The number of hydrogen-bond donors (Lipinski definition) is 0. The Kier molecular flexibility index (Phi) is 4.98. The zero-order valence-corrected chi connectivity index (χ0v) is 13.4. The molecule has 1 aliphatic heterocycles. The van der Waals surface area contributed by atoms with Crippen LogP contribution >= 0.6 is 0 Å². The smallest absolute Gasteiger partial charge is 0.338 e. The minimum Gasteiger partial charge on any atom is -0.465 e. The quantitative estimate of drug-likeness (QED) is 0.485. The van der Waals surface area contributed by atoms with Crippen molar-refractivity contribution < 1.29 is 19.2 Å². The Labute approximate surface area is 134 Å². The van der Waals surface area contributed by atoms with Gasteiger partial charge in [0, 0.05) is 30.8 Å². The lowest BCUT2D eigenvalue weighted by Gasteiger charge is -2.35. The molecular formula is C16H20N2O5. The molecule has 0 aliphatic carbocycles. The van der Waals surface area contributed by atoms with Crippen LogP contribution in [0, 0.1) is 22.0 Å². The third-order valence-corrected chi connectivity index (χ3v) is 3.95. The molecule has 0 unspecified atom stereocenters. The van der Waals surface area contributed by atoms with E-state index in [1.165, 1.54) is 19.2 Å². The zero-order valence-electron chi connectivity index (χ0n) is 13.4. The van der Waals surface area contributed by atoms with Gasteiger partial charge >= 0.3 is 5.97 Å². The van der Waals surface area contributed by atoms with Crippen LogP contribution in [-0.4, -0.2) is 41.9 Å². The summed E-state index contributed by atoms with van der Waals surface area (Å²) in [6, 6.07) is 3.67. The molecule has 0 N–H and O–H groups in total. The number of benzene rings is 1. The number of nitro benzene ring substituents is 1. The lowest BCUT2D eigenvalue weighted by molar-refractivity contribution is -0.384. The Hall–Kier alpha value is -2.44. The van der Waals surface area contributed by atoms with Gasteiger partial charge in [0.2, 0.25) is 0 Å². The number of hydrogen-bond acceptors (Lipinski definition) is 5. The molecule has 1 fully saturated rings. The van der Waals surface area contributed by atoms with Crippen LogP contribution < -0.4 is 0 Å². The summed E-state index contributed by atoms with van der Waals surface area (Å²) in [7, 11) is 1.19. The van der Waals surface area contributed by atoms with E-state index >= 15 is 0 Å². The van der Waals surface area contributed by atoms with Gasteiger partial charge in [0.05, 0.1) is 17.6 Å². The summed E-state index contributed by atoms with van der Waals surface area (Å²) in [6.45, 7) is 5.37. The van der Waals surface area contributed by atoms with Gasteiger partial charge in [-0.05, 0) is 24.3 Å².